The number of azo groups is 1. The van der Waals surface area contributed by atoms with Crippen LogP contribution in [0, 0.1) is 0 Å². The third-order valence-electron chi connectivity index (χ3n) is 2.40. The molecule has 0 aromatic heterocycles. The van der Waals surface area contributed by atoms with Gasteiger partial charge in [0.25, 0.3) is 0 Å². The van der Waals surface area contributed by atoms with Crippen LogP contribution < -0.4 is 9.47 Å². The van der Waals surface area contributed by atoms with Gasteiger partial charge in [-0.05, 0) is 48.5 Å². The zero-order valence-corrected chi connectivity index (χ0v) is 10.7. The third kappa shape index (κ3) is 3.81. The molecule has 0 aliphatic heterocycles. The normalized spacial score (nSPS) is 10.4. The van der Waals surface area contributed by atoms with E-state index < -0.39 is 6.16 Å². The highest BCUT2D eigenvalue weighted by Crippen LogP contribution is 2.22. The van der Waals surface area contributed by atoms with Gasteiger partial charge in [-0.15, -0.1) is 0 Å². The van der Waals surface area contributed by atoms with Crippen molar-refractivity contribution in [2.24, 2.45) is 10.2 Å². The summed E-state index contributed by atoms with van der Waals surface area (Å²) in [4.78, 5) is 10.3. The van der Waals surface area contributed by atoms with E-state index in [-0.39, 0.29) is 5.75 Å². The minimum atomic E-state index is -1.35. The third-order valence-corrected chi connectivity index (χ3v) is 2.40. The van der Waals surface area contributed by atoms with Gasteiger partial charge in [-0.25, -0.2) is 4.79 Å². The van der Waals surface area contributed by atoms with Crippen molar-refractivity contribution in [1.29, 1.82) is 0 Å². The lowest BCUT2D eigenvalue weighted by Gasteiger charge is -1.99. The van der Waals surface area contributed by atoms with E-state index in [0.717, 1.165) is 5.75 Å². The molecule has 6 nitrogen and oxygen atoms in total. The van der Waals surface area contributed by atoms with Gasteiger partial charge in [0.2, 0.25) is 0 Å². The van der Waals surface area contributed by atoms with Crippen LogP contribution in [0.2, 0.25) is 0 Å². The topological polar surface area (TPSA) is 80.5 Å². The predicted molar refractivity (Wildman–Crippen MR) is 72.3 cm³/mol. The lowest BCUT2D eigenvalue weighted by atomic mass is 10.3. The van der Waals surface area contributed by atoms with E-state index in [9.17, 15) is 4.79 Å². The van der Waals surface area contributed by atoms with Crippen LogP contribution in [0.25, 0.3) is 0 Å². The molecule has 0 heterocycles. The van der Waals surface area contributed by atoms with Crippen molar-refractivity contribution in [2.75, 3.05) is 7.11 Å². The highest BCUT2D eigenvalue weighted by atomic mass is 16.7. The second-order valence-electron chi connectivity index (χ2n) is 3.76. The summed E-state index contributed by atoms with van der Waals surface area (Å²) in [6, 6.07) is 13.4. The highest BCUT2D eigenvalue weighted by Gasteiger charge is 2.00. The largest absolute Gasteiger partial charge is 0.511 e. The monoisotopic (exact) mass is 272 g/mol. The summed E-state index contributed by atoms with van der Waals surface area (Å²) < 4.78 is 9.53. The van der Waals surface area contributed by atoms with Crippen LogP contribution in [0.4, 0.5) is 16.2 Å². The number of rotatable bonds is 4. The standard InChI is InChI=1S/C14H12N2O4/c1-19-12-6-2-10(3-7-12)15-16-11-4-8-13(9-5-11)20-14(17)18/h2-9H,1H3,(H,17,18). The van der Waals surface area contributed by atoms with Crippen LogP contribution in [0.1, 0.15) is 0 Å². The van der Waals surface area contributed by atoms with Crippen molar-refractivity contribution in [3.63, 3.8) is 0 Å². The van der Waals surface area contributed by atoms with Gasteiger partial charge in [0.1, 0.15) is 11.5 Å². The fourth-order valence-electron chi connectivity index (χ4n) is 1.45. The van der Waals surface area contributed by atoms with Crippen molar-refractivity contribution in [2.45, 2.75) is 0 Å². The van der Waals surface area contributed by atoms with Crippen LogP contribution in [0.5, 0.6) is 11.5 Å². The molecular weight excluding hydrogens is 260 g/mol. The first-order chi connectivity index (χ1) is 9.67. The number of hydrogen-bond acceptors (Lipinski definition) is 5. The molecule has 2 aromatic rings. The number of hydrogen-bond donors (Lipinski definition) is 1. The van der Waals surface area contributed by atoms with Gasteiger partial charge in [-0.1, -0.05) is 0 Å². The molecule has 1 N–H and O–H groups in total. The number of benzene rings is 2. The molecule has 0 aliphatic carbocycles. The zero-order valence-electron chi connectivity index (χ0n) is 10.7. The van der Waals surface area contributed by atoms with E-state index in [1.165, 1.54) is 12.1 Å². The second kappa shape index (κ2) is 6.33. The molecule has 0 saturated heterocycles. The molecule has 2 aromatic carbocycles. The SMILES string of the molecule is COc1ccc(N=Nc2ccc(OC(=O)O)cc2)cc1. The van der Waals surface area contributed by atoms with Crippen LogP contribution in [-0.2, 0) is 0 Å². The summed E-state index contributed by atoms with van der Waals surface area (Å²) in [6.45, 7) is 0. The van der Waals surface area contributed by atoms with Gasteiger partial charge in [0, 0.05) is 0 Å². The van der Waals surface area contributed by atoms with E-state index in [1.54, 1.807) is 43.5 Å². The Kier molecular flexibility index (Phi) is 4.28. The van der Waals surface area contributed by atoms with Crippen molar-refractivity contribution in [1.82, 2.24) is 0 Å². The maximum Gasteiger partial charge on any atom is 0.511 e. The number of carboxylic acid groups (broad SMARTS) is 1. The first-order valence-corrected chi connectivity index (χ1v) is 5.74. The smallest absolute Gasteiger partial charge is 0.497 e. The minimum absolute atomic E-state index is 0.237. The number of carbonyl (C=O) groups is 1. The van der Waals surface area contributed by atoms with E-state index in [1.807, 2.05) is 0 Å². The molecule has 0 amide bonds. The molecule has 0 radical (unpaired) electrons. The van der Waals surface area contributed by atoms with E-state index in [0.29, 0.717) is 11.4 Å². The fourth-order valence-corrected chi connectivity index (χ4v) is 1.45. The Bertz CT molecular complexity index is 606. The zero-order chi connectivity index (χ0) is 14.4. The number of methoxy groups -OCH3 is 1. The Labute approximate surface area is 115 Å². The first kappa shape index (κ1) is 13.5. The molecule has 20 heavy (non-hydrogen) atoms. The average Bonchev–Trinajstić information content (AvgIpc) is 2.46. The summed E-state index contributed by atoms with van der Waals surface area (Å²) in [6.07, 6.45) is -1.35. The molecular formula is C14H12N2O4. The van der Waals surface area contributed by atoms with Gasteiger partial charge in [-0.3, -0.25) is 0 Å². The van der Waals surface area contributed by atoms with Gasteiger partial charge < -0.3 is 14.6 Å². The maximum absolute atomic E-state index is 10.3. The lowest BCUT2D eigenvalue weighted by molar-refractivity contribution is 0.144. The lowest BCUT2D eigenvalue weighted by Crippen LogP contribution is -2.02. The summed E-state index contributed by atoms with van der Waals surface area (Å²) in [5.74, 6) is 0.986. The predicted octanol–water partition coefficient (Wildman–Crippen LogP) is 4.17. The molecule has 0 saturated carbocycles. The van der Waals surface area contributed by atoms with Gasteiger partial charge >= 0.3 is 6.16 Å². The van der Waals surface area contributed by atoms with E-state index >= 15 is 0 Å². The second-order valence-corrected chi connectivity index (χ2v) is 3.76. The Morgan fingerprint density at radius 1 is 0.900 bits per heavy atom. The minimum Gasteiger partial charge on any atom is -0.497 e. The van der Waals surface area contributed by atoms with E-state index in [4.69, 9.17) is 9.84 Å². The quantitative estimate of drug-likeness (QED) is 0.514. The van der Waals surface area contributed by atoms with Crippen molar-refractivity contribution in [3.05, 3.63) is 48.5 Å². The fraction of sp³-hybridized carbons (Fsp3) is 0.0714. The summed E-state index contributed by atoms with van der Waals surface area (Å²) in [5, 5.41) is 16.5. The van der Waals surface area contributed by atoms with Gasteiger partial charge in [0.15, 0.2) is 0 Å². The summed E-state index contributed by atoms with van der Waals surface area (Å²) in [5.41, 5.74) is 1.29. The Morgan fingerprint density at radius 3 is 1.75 bits per heavy atom. The Balaban J connectivity index is 2.04. The van der Waals surface area contributed by atoms with Crippen LogP contribution in [-0.4, -0.2) is 18.4 Å². The van der Waals surface area contributed by atoms with E-state index in [2.05, 4.69) is 15.0 Å². The first-order valence-electron chi connectivity index (χ1n) is 5.74. The maximum atomic E-state index is 10.3. The van der Waals surface area contributed by atoms with Crippen molar-refractivity contribution in [3.8, 4) is 11.5 Å². The van der Waals surface area contributed by atoms with Crippen molar-refractivity contribution >= 4 is 17.5 Å². The summed E-state index contributed by atoms with van der Waals surface area (Å²) >= 11 is 0. The molecule has 0 unspecified atom stereocenters. The molecule has 6 heteroatoms. The van der Waals surface area contributed by atoms with Gasteiger partial charge in [-0.2, -0.15) is 10.2 Å². The molecule has 0 atom stereocenters. The van der Waals surface area contributed by atoms with Crippen LogP contribution in [0.15, 0.2) is 58.8 Å². The molecule has 2 rings (SSSR count). The molecule has 0 bridgehead atoms. The average molecular weight is 272 g/mol. The Hall–Kier alpha value is -2.89. The number of ether oxygens (including phenoxy) is 2. The van der Waals surface area contributed by atoms with Crippen LogP contribution >= 0.6 is 0 Å². The molecule has 0 fully saturated rings. The molecule has 0 aliphatic rings. The number of nitrogens with zero attached hydrogens (tertiary/aromatic N) is 2. The van der Waals surface area contributed by atoms with Crippen molar-refractivity contribution < 1.29 is 19.4 Å². The highest BCUT2D eigenvalue weighted by molar-refractivity contribution is 5.61. The molecule has 0 spiro atoms. The molecule has 102 valence electrons. The van der Waals surface area contributed by atoms with Crippen LogP contribution in [0.3, 0.4) is 0 Å². The Morgan fingerprint density at radius 2 is 1.35 bits per heavy atom. The summed E-state index contributed by atoms with van der Waals surface area (Å²) in [7, 11) is 1.59. The van der Waals surface area contributed by atoms with Gasteiger partial charge in [0.05, 0.1) is 18.5 Å².